The summed E-state index contributed by atoms with van der Waals surface area (Å²) in [7, 11) is 0. The van der Waals surface area contributed by atoms with Crippen molar-refractivity contribution in [1.29, 1.82) is 0 Å². The van der Waals surface area contributed by atoms with Gasteiger partial charge in [0.2, 0.25) is 0 Å². The van der Waals surface area contributed by atoms with Crippen molar-refractivity contribution in [3.63, 3.8) is 0 Å². The molecule has 0 atom stereocenters. The number of carboxylic acid groups (broad SMARTS) is 1. The second-order valence-corrected chi connectivity index (χ2v) is 4.75. The van der Waals surface area contributed by atoms with Crippen LogP contribution in [0.2, 0.25) is 0 Å². The topological polar surface area (TPSA) is 42.2 Å². The van der Waals surface area contributed by atoms with Crippen LogP contribution in [-0.2, 0) is 6.54 Å². The summed E-state index contributed by atoms with van der Waals surface area (Å²) in [4.78, 5) is 11.0. The molecular formula is C13H10BrF2NO2. The monoisotopic (exact) mass is 329 g/mol. The quantitative estimate of drug-likeness (QED) is 0.867. The minimum absolute atomic E-state index is 0.0670. The molecule has 1 aromatic heterocycles. The van der Waals surface area contributed by atoms with Crippen molar-refractivity contribution >= 4 is 21.9 Å². The lowest BCUT2D eigenvalue weighted by molar-refractivity contribution is 0.0685. The number of rotatable bonds is 3. The molecule has 19 heavy (non-hydrogen) atoms. The third-order valence-corrected chi connectivity index (χ3v) is 3.41. The summed E-state index contributed by atoms with van der Waals surface area (Å²) < 4.78 is 28.6. The number of nitrogens with zero attached hydrogens (tertiary/aromatic N) is 1. The van der Waals surface area contributed by atoms with Gasteiger partial charge in [0, 0.05) is 18.2 Å². The molecule has 0 aliphatic rings. The van der Waals surface area contributed by atoms with Crippen molar-refractivity contribution < 1.29 is 18.7 Å². The van der Waals surface area contributed by atoms with Gasteiger partial charge in [-0.25, -0.2) is 13.6 Å². The van der Waals surface area contributed by atoms with E-state index in [0.717, 1.165) is 6.07 Å². The summed E-state index contributed by atoms with van der Waals surface area (Å²) in [5.74, 6) is -2.52. The fourth-order valence-corrected chi connectivity index (χ4v) is 2.29. The molecule has 0 aliphatic carbocycles. The van der Waals surface area contributed by atoms with Crippen LogP contribution in [0.25, 0.3) is 11.3 Å². The van der Waals surface area contributed by atoms with Crippen molar-refractivity contribution in [2.24, 2.45) is 0 Å². The third-order valence-electron chi connectivity index (χ3n) is 2.80. The first-order chi connectivity index (χ1) is 8.95. The van der Waals surface area contributed by atoms with Crippen LogP contribution in [0.15, 0.2) is 28.7 Å². The molecule has 0 radical (unpaired) electrons. The van der Waals surface area contributed by atoms with Gasteiger partial charge < -0.3 is 9.67 Å². The van der Waals surface area contributed by atoms with Gasteiger partial charge in [0.1, 0.15) is 17.3 Å². The van der Waals surface area contributed by atoms with Crippen LogP contribution in [-0.4, -0.2) is 15.6 Å². The van der Waals surface area contributed by atoms with E-state index in [1.54, 1.807) is 6.92 Å². The Morgan fingerprint density at radius 1 is 1.32 bits per heavy atom. The summed E-state index contributed by atoms with van der Waals surface area (Å²) in [6.07, 6.45) is 0. The first-order valence-electron chi connectivity index (χ1n) is 5.53. The SMILES string of the molecule is CCn1c(C(=O)O)ccc1-c1cc(Br)c(F)cc1F. The number of aromatic carboxylic acids is 1. The molecule has 1 aromatic carbocycles. The normalized spacial score (nSPS) is 10.7. The number of hydrogen-bond donors (Lipinski definition) is 1. The molecule has 0 unspecified atom stereocenters. The maximum atomic E-state index is 13.8. The molecule has 0 bridgehead atoms. The molecule has 0 saturated carbocycles. The maximum Gasteiger partial charge on any atom is 0.352 e. The summed E-state index contributed by atoms with van der Waals surface area (Å²) in [6.45, 7) is 2.13. The standard InChI is InChI=1S/C13H10BrF2NO2/c1-2-17-11(3-4-12(17)13(18)19)7-5-8(14)10(16)6-9(7)15/h3-6H,2H2,1H3,(H,18,19). The van der Waals surface area contributed by atoms with Gasteiger partial charge in [-0.1, -0.05) is 0 Å². The highest BCUT2D eigenvalue weighted by Gasteiger charge is 2.17. The van der Waals surface area contributed by atoms with Gasteiger partial charge >= 0.3 is 5.97 Å². The lowest BCUT2D eigenvalue weighted by Gasteiger charge is -2.10. The Labute approximate surface area is 116 Å². The molecule has 0 spiro atoms. The largest absolute Gasteiger partial charge is 0.477 e. The number of aromatic nitrogens is 1. The summed E-state index contributed by atoms with van der Waals surface area (Å²) in [5, 5.41) is 9.04. The van der Waals surface area contributed by atoms with Crippen LogP contribution >= 0.6 is 15.9 Å². The number of benzene rings is 1. The Kier molecular flexibility index (Phi) is 3.71. The summed E-state index contributed by atoms with van der Waals surface area (Å²) in [5.41, 5.74) is 0.623. The van der Waals surface area contributed by atoms with E-state index in [0.29, 0.717) is 12.2 Å². The van der Waals surface area contributed by atoms with E-state index in [-0.39, 0.29) is 15.7 Å². The lowest BCUT2D eigenvalue weighted by Crippen LogP contribution is -2.08. The molecule has 0 amide bonds. The molecule has 2 rings (SSSR count). The van der Waals surface area contributed by atoms with E-state index in [4.69, 9.17) is 5.11 Å². The second kappa shape index (κ2) is 5.13. The van der Waals surface area contributed by atoms with Gasteiger partial charge in [0.25, 0.3) is 0 Å². The number of halogens is 3. The predicted molar refractivity (Wildman–Crippen MR) is 70.1 cm³/mol. The van der Waals surface area contributed by atoms with E-state index in [1.165, 1.54) is 22.8 Å². The number of carboxylic acids is 1. The van der Waals surface area contributed by atoms with Crippen LogP contribution < -0.4 is 0 Å². The van der Waals surface area contributed by atoms with E-state index >= 15 is 0 Å². The Balaban J connectivity index is 2.66. The lowest BCUT2D eigenvalue weighted by atomic mass is 10.1. The third kappa shape index (κ3) is 2.40. The zero-order valence-corrected chi connectivity index (χ0v) is 11.5. The van der Waals surface area contributed by atoms with E-state index in [9.17, 15) is 13.6 Å². The van der Waals surface area contributed by atoms with Crippen molar-refractivity contribution in [2.75, 3.05) is 0 Å². The molecule has 0 aliphatic heterocycles. The van der Waals surface area contributed by atoms with Crippen LogP contribution in [0.3, 0.4) is 0 Å². The molecule has 1 heterocycles. The zero-order chi connectivity index (χ0) is 14.2. The molecule has 2 aromatic rings. The Hall–Kier alpha value is -1.69. The molecular weight excluding hydrogens is 320 g/mol. The number of hydrogen-bond acceptors (Lipinski definition) is 1. The van der Waals surface area contributed by atoms with E-state index < -0.39 is 17.6 Å². The van der Waals surface area contributed by atoms with Crippen LogP contribution in [0.4, 0.5) is 8.78 Å². The highest BCUT2D eigenvalue weighted by Crippen LogP contribution is 2.30. The molecule has 1 N–H and O–H groups in total. The second-order valence-electron chi connectivity index (χ2n) is 3.90. The molecule has 0 saturated heterocycles. The van der Waals surface area contributed by atoms with Crippen LogP contribution in [0.5, 0.6) is 0 Å². The summed E-state index contributed by atoms with van der Waals surface area (Å²) in [6, 6.07) is 4.98. The smallest absolute Gasteiger partial charge is 0.352 e. The van der Waals surface area contributed by atoms with E-state index in [1.807, 2.05) is 0 Å². The van der Waals surface area contributed by atoms with Gasteiger partial charge in [-0.15, -0.1) is 0 Å². The Morgan fingerprint density at radius 2 is 2.00 bits per heavy atom. The first kappa shape index (κ1) is 13.7. The Bertz CT molecular complexity index is 652. The van der Waals surface area contributed by atoms with Gasteiger partial charge in [-0.2, -0.15) is 0 Å². The molecule has 3 nitrogen and oxygen atoms in total. The fraction of sp³-hybridized carbons (Fsp3) is 0.154. The van der Waals surface area contributed by atoms with Crippen molar-refractivity contribution in [2.45, 2.75) is 13.5 Å². The molecule has 6 heteroatoms. The van der Waals surface area contributed by atoms with Gasteiger partial charge in [0.05, 0.1) is 10.2 Å². The highest BCUT2D eigenvalue weighted by molar-refractivity contribution is 9.10. The summed E-state index contributed by atoms with van der Waals surface area (Å²) >= 11 is 2.99. The Morgan fingerprint density at radius 3 is 2.58 bits per heavy atom. The van der Waals surface area contributed by atoms with Crippen molar-refractivity contribution in [3.8, 4) is 11.3 Å². The zero-order valence-electron chi connectivity index (χ0n) is 9.95. The van der Waals surface area contributed by atoms with Crippen molar-refractivity contribution in [1.82, 2.24) is 4.57 Å². The fourth-order valence-electron chi connectivity index (χ4n) is 1.95. The minimum Gasteiger partial charge on any atom is -0.477 e. The van der Waals surface area contributed by atoms with Crippen LogP contribution in [0.1, 0.15) is 17.4 Å². The molecule has 0 fully saturated rings. The maximum absolute atomic E-state index is 13.8. The minimum atomic E-state index is -1.09. The van der Waals surface area contributed by atoms with E-state index in [2.05, 4.69) is 15.9 Å². The van der Waals surface area contributed by atoms with Crippen molar-refractivity contribution in [3.05, 3.63) is 46.1 Å². The number of carbonyl (C=O) groups is 1. The van der Waals surface area contributed by atoms with Gasteiger partial charge in [-0.05, 0) is 41.1 Å². The first-order valence-corrected chi connectivity index (χ1v) is 6.32. The highest BCUT2D eigenvalue weighted by atomic mass is 79.9. The van der Waals surface area contributed by atoms with Crippen LogP contribution in [0, 0.1) is 11.6 Å². The average molecular weight is 330 g/mol. The van der Waals surface area contributed by atoms with Gasteiger partial charge in [-0.3, -0.25) is 0 Å². The molecule has 100 valence electrons. The van der Waals surface area contributed by atoms with Gasteiger partial charge in [0.15, 0.2) is 0 Å². The predicted octanol–water partition coefficient (Wildman–Crippen LogP) is 3.91. The average Bonchev–Trinajstić information content (AvgIpc) is 2.77.